The molecule has 0 bridgehead atoms. The molecule has 0 atom stereocenters. The summed E-state index contributed by atoms with van der Waals surface area (Å²) in [6, 6.07) is 13.6. The zero-order valence-corrected chi connectivity index (χ0v) is 17.1. The fourth-order valence-corrected chi connectivity index (χ4v) is 4.40. The lowest BCUT2D eigenvalue weighted by Gasteiger charge is -2.04. The molecule has 1 heterocycles. The number of aromatic nitrogens is 1. The lowest BCUT2D eigenvalue weighted by Crippen LogP contribution is -2.13. The van der Waals surface area contributed by atoms with Crippen molar-refractivity contribution in [3.8, 4) is 0 Å². The van der Waals surface area contributed by atoms with Crippen LogP contribution in [0.3, 0.4) is 0 Å². The first-order valence-electron chi connectivity index (χ1n) is 7.87. The van der Waals surface area contributed by atoms with Crippen LogP contribution in [0.15, 0.2) is 53.6 Å². The molecule has 0 radical (unpaired) electrons. The van der Waals surface area contributed by atoms with E-state index in [1.54, 1.807) is 12.1 Å². The zero-order chi connectivity index (χ0) is 18.5. The predicted octanol–water partition coefficient (Wildman–Crippen LogP) is 6.08. The third-order valence-corrected chi connectivity index (χ3v) is 6.20. The molecule has 1 amide bonds. The number of hydrogen-bond donors (Lipinski definition) is 1. The molecular weight excluding hydrogens is 407 g/mol. The molecule has 7 heteroatoms. The average Bonchev–Trinajstić information content (AvgIpc) is 3.03. The molecular formula is C19H16Cl2N2OS2. The quantitative estimate of drug-likeness (QED) is 0.489. The van der Waals surface area contributed by atoms with Crippen LogP contribution in [0.1, 0.15) is 16.0 Å². The third-order valence-electron chi connectivity index (χ3n) is 3.55. The van der Waals surface area contributed by atoms with E-state index in [1.807, 2.05) is 12.3 Å². The van der Waals surface area contributed by atoms with Crippen LogP contribution < -0.4 is 5.32 Å². The van der Waals surface area contributed by atoms with Gasteiger partial charge in [-0.3, -0.25) is 4.79 Å². The number of thiazole rings is 1. The van der Waals surface area contributed by atoms with Crippen molar-refractivity contribution in [2.45, 2.75) is 18.2 Å². The summed E-state index contributed by atoms with van der Waals surface area (Å²) < 4.78 is 0. The summed E-state index contributed by atoms with van der Waals surface area (Å²) in [7, 11) is 0. The molecule has 0 unspecified atom stereocenters. The molecule has 1 aromatic heterocycles. The minimum Gasteiger partial charge on any atom is -0.301 e. The van der Waals surface area contributed by atoms with Gasteiger partial charge in [0, 0.05) is 27.4 Å². The summed E-state index contributed by atoms with van der Waals surface area (Å²) in [6.45, 7) is 2.07. The van der Waals surface area contributed by atoms with Gasteiger partial charge in [0.05, 0.1) is 10.8 Å². The first kappa shape index (κ1) is 19.2. The largest absolute Gasteiger partial charge is 0.301 e. The minimum atomic E-state index is -0.114. The standard InChI is InChI=1S/C19H16Cl2N2OS2/c1-12-2-4-13(5-3-12)8-15-10-22-19(26-15)23-18(24)11-25-17-7-6-14(20)9-16(17)21/h2-7,9-10H,8,11H2,1H3,(H,22,23,24). The first-order chi connectivity index (χ1) is 12.5. The summed E-state index contributed by atoms with van der Waals surface area (Å²) in [5.41, 5.74) is 2.47. The van der Waals surface area contributed by atoms with E-state index < -0.39 is 0 Å². The van der Waals surface area contributed by atoms with Gasteiger partial charge in [-0.05, 0) is 30.7 Å². The second-order valence-electron chi connectivity index (χ2n) is 5.71. The number of hydrogen-bond acceptors (Lipinski definition) is 4. The number of benzene rings is 2. The van der Waals surface area contributed by atoms with E-state index in [0.29, 0.717) is 15.2 Å². The molecule has 2 aromatic carbocycles. The Balaban J connectivity index is 1.53. The van der Waals surface area contributed by atoms with E-state index >= 15 is 0 Å². The average molecular weight is 423 g/mol. The fourth-order valence-electron chi connectivity index (χ4n) is 2.25. The summed E-state index contributed by atoms with van der Waals surface area (Å²) >= 11 is 14.9. The van der Waals surface area contributed by atoms with Crippen LogP contribution in [0.4, 0.5) is 5.13 Å². The Labute approximate surface area is 170 Å². The van der Waals surface area contributed by atoms with Crippen LogP contribution in [0.2, 0.25) is 10.0 Å². The Morgan fingerprint density at radius 2 is 1.96 bits per heavy atom. The number of carbonyl (C=O) groups excluding carboxylic acids is 1. The molecule has 3 rings (SSSR count). The molecule has 3 nitrogen and oxygen atoms in total. The molecule has 0 spiro atoms. The second kappa shape index (κ2) is 8.91. The van der Waals surface area contributed by atoms with Crippen LogP contribution in [-0.4, -0.2) is 16.6 Å². The van der Waals surface area contributed by atoms with E-state index in [0.717, 1.165) is 16.2 Å². The van der Waals surface area contributed by atoms with Crippen LogP contribution in [0.5, 0.6) is 0 Å². The van der Waals surface area contributed by atoms with Gasteiger partial charge in [-0.1, -0.05) is 53.0 Å². The Morgan fingerprint density at radius 1 is 1.19 bits per heavy atom. The summed E-state index contributed by atoms with van der Waals surface area (Å²) in [4.78, 5) is 18.4. The number of carbonyl (C=O) groups is 1. The van der Waals surface area contributed by atoms with Crippen molar-refractivity contribution in [3.05, 3.63) is 74.7 Å². The minimum absolute atomic E-state index is 0.114. The highest BCUT2D eigenvalue weighted by Crippen LogP contribution is 2.30. The summed E-state index contributed by atoms with van der Waals surface area (Å²) in [5, 5.41) is 4.57. The molecule has 134 valence electrons. The first-order valence-corrected chi connectivity index (χ1v) is 10.4. The number of halogens is 2. The van der Waals surface area contributed by atoms with E-state index in [1.165, 1.54) is 34.2 Å². The SMILES string of the molecule is Cc1ccc(Cc2cnc(NC(=O)CSc3ccc(Cl)cc3Cl)s2)cc1. The van der Waals surface area contributed by atoms with Gasteiger partial charge in [0.15, 0.2) is 5.13 Å². The number of rotatable bonds is 6. The monoisotopic (exact) mass is 422 g/mol. The highest BCUT2D eigenvalue weighted by atomic mass is 35.5. The van der Waals surface area contributed by atoms with Gasteiger partial charge in [-0.25, -0.2) is 4.98 Å². The van der Waals surface area contributed by atoms with Crippen molar-refractivity contribution in [1.29, 1.82) is 0 Å². The molecule has 0 saturated heterocycles. The lowest BCUT2D eigenvalue weighted by molar-refractivity contribution is -0.113. The van der Waals surface area contributed by atoms with E-state index in [9.17, 15) is 4.79 Å². The highest BCUT2D eigenvalue weighted by Gasteiger charge is 2.10. The van der Waals surface area contributed by atoms with Crippen molar-refractivity contribution in [3.63, 3.8) is 0 Å². The van der Waals surface area contributed by atoms with E-state index in [2.05, 4.69) is 41.5 Å². The zero-order valence-electron chi connectivity index (χ0n) is 14.0. The molecule has 26 heavy (non-hydrogen) atoms. The second-order valence-corrected chi connectivity index (χ2v) is 8.68. The van der Waals surface area contributed by atoms with Gasteiger partial charge >= 0.3 is 0 Å². The van der Waals surface area contributed by atoms with Crippen LogP contribution in [0.25, 0.3) is 0 Å². The van der Waals surface area contributed by atoms with Crippen molar-refractivity contribution in [1.82, 2.24) is 4.98 Å². The fraction of sp³-hybridized carbons (Fsp3) is 0.158. The predicted molar refractivity (Wildman–Crippen MR) is 112 cm³/mol. The Hall–Kier alpha value is -1.53. The number of amides is 1. The Morgan fingerprint density at radius 3 is 2.69 bits per heavy atom. The van der Waals surface area contributed by atoms with Crippen molar-refractivity contribution >= 4 is 57.3 Å². The molecule has 0 aliphatic carbocycles. The Bertz CT molecular complexity index is 910. The maximum atomic E-state index is 12.1. The molecule has 0 fully saturated rings. The van der Waals surface area contributed by atoms with Crippen LogP contribution >= 0.6 is 46.3 Å². The van der Waals surface area contributed by atoms with Gasteiger partial charge in [-0.15, -0.1) is 23.1 Å². The van der Waals surface area contributed by atoms with E-state index in [4.69, 9.17) is 23.2 Å². The molecule has 3 aromatic rings. The number of thioether (sulfide) groups is 1. The highest BCUT2D eigenvalue weighted by molar-refractivity contribution is 8.00. The normalized spacial score (nSPS) is 10.7. The van der Waals surface area contributed by atoms with E-state index in [-0.39, 0.29) is 11.7 Å². The van der Waals surface area contributed by atoms with Crippen LogP contribution in [0, 0.1) is 6.92 Å². The van der Waals surface area contributed by atoms with Gasteiger partial charge in [-0.2, -0.15) is 0 Å². The van der Waals surface area contributed by atoms with Gasteiger partial charge < -0.3 is 5.32 Å². The van der Waals surface area contributed by atoms with Crippen molar-refractivity contribution in [2.75, 3.05) is 11.1 Å². The molecule has 0 saturated carbocycles. The maximum Gasteiger partial charge on any atom is 0.236 e. The number of nitrogens with one attached hydrogen (secondary N) is 1. The summed E-state index contributed by atoms with van der Waals surface area (Å²) in [5.74, 6) is 0.145. The topological polar surface area (TPSA) is 42.0 Å². The third kappa shape index (κ3) is 5.48. The maximum absolute atomic E-state index is 12.1. The van der Waals surface area contributed by atoms with Crippen molar-refractivity contribution in [2.24, 2.45) is 0 Å². The lowest BCUT2D eigenvalue weighted by atomic mass is 10.1. The molecule has 1 N–H and O–H groups in total. The summed E-state index contributed by atoms with van der Waals surface area (Å²) in [6.07, 6.45) is 2.62. The van der Waals surface area contributed by atoms with Gasteiger partial charge in [0.2, 0.25) is 5.91 Å². The van der Waals surface area contributed by atoms with Crippen molar-refractivity contribution < 1.29 is 4.79 Å². The number of aryl methyl sites for hydroxylation is 1. The van der Waals surface area contributed by atoms with Gasteiger partial charge in [0.25, 0.3) is 0 Å². The number of nitrogens with zero attached hydrogens (tertiary/aromatic N) is 1. The Kier molecular flexibility index (Phi) is 6.59. The van der Waals surface area contributed by atoms with Crippen LogP contribution in [-0.2, 0) is 11.2 Å². The number of anilines is 1. The molecule has 0 aliphatic heterocycles. The molecule has 0 aliphatic rings. The van der Waals surface area contributed by atoms with Gasteiger partial charge in [0.1, 0.15) is 0 Å². The smallest absolute Gasteiger partial charge is 0.236 e.